The van der Waals surface area contributed by atoms with Crippen molar-refractivity contribution >= 4 is 0 Å². The van der Waals surface area contributed by atoms with E-state index in [1.165, 1.54) is 6.26 Å². The molecule has 0 atom stereocenters. The molecule has 0 spiro atoms. The van der Waals surface area contributed by atoms with Gasteiger partial charge in [0.2, 0.25) is 12.5 Å². The van der Waals surface area contributed by atoms with Crippen LogP contribution < -0.4 is 14.2 Å². The minimum absolute atomic E-state index is 0.216. The summed E-state index contributed by atoms with van der Waals surface area (Å²) in [6.45, 7) is 0.216. The molecule has 0 saturated heterocycles. The van der Waals surface area contributed by atoms with E-state index >= 15 is 0 Å². The van der Waals surface area contributed by atoms with Crippen molar-refractivity contribution in [3.8, 4) is 28.5 Å². The van der Waals surface area contributed by atoms with E-state index in [2.05, 4.69) is 5.16 Å². The van der Waals surface area contributed by atoms with E-state index < -0.39 is 0 Å². The SMILES string of the molecule is COc1cc(-c2ccon2)cc2c1OCO2. The Morgan fingerprint density at radius 3 is 3.00 bits per heavy atom. The second-order valence-electron chi connectivity index (χ2n) is 3.30. The monoisotopic (exact) mass is 219 g/mol. The summed E-state index contributed by atoms with van der Waals surface area (Å²) < 4.78 is 20.7. The van der Waals surface area contributed by atoms with Crippen LogP contribution in [0.2, 0.25) is 0 Å². The highest BCUT2D eigenvalue weighted by atomic mass is 16.7. The minimum atomic E-state index is 0.216. The molecule has 1 aliphatic heterocycles. The van der Waals surface area contributed by atoms with Crippen LogP contribution in [0.5, 0.6) is 17.2 Å². The van der Waals surface area contributed by atoms with Gasteiger partial charge in [0, 0.05) is 11.6 Å². The van der Waals surface area contributed by atoms with Crippen LogP contribution in [0, 0.1) is 0 Å². The summed E-state index contributed by atoms with van der Waals surface area (Å²) in [6, 6.07) is 5.46. The predicted octanol–water partition coefficient (Wildman–Crippen LogP) is 2.08. The Bertz CT molecular complexity index is 507. The number of methoxy groups -OCH3 is 1. The van der Waals surface area contributed by atoms with E-state index in [1.54, 1.807) is 13.2 Å². The molecular formula is C11H9NO4. The smallest absolute Gasteiger partial charge is 0.231 e. The first kappa shape index (κ1) is 9.08. The van der Waals surface area contributed by atoms with Crippen molar-refractivity contribution < 1.29 is 18.7 Å². The van der Waals surface area contributed by atoms with Gasteiger partial charge in [0.1, 0.15) is 12.0 Å². The van der Waals surface area contributed by atoms with Crippen molar-refractivity contribution in [2.75, 3.05) is 13.9 Å². The number of hydrogen-bond donors (Lipinski definition) is 0. The van der Waals surface area contributed by atoms with Gasteiger partial charge in [-0.25, -0.2) is 0 Å². The Balaban J connectivity index is 2.15. The average Bonchev–Trinajstić information content (AvgIpc) is 2.97. The van der Waals surface area contributed by atoms with Crippen LogP contribution in [-0.4, -0.2) is 19.1 Å². The fraction of sp³-hybridized carbons (Fsp3) is 0.182. The van der Waals surface area contributed by atoms with Gasteiger partial charge >= 0.3 is 0 Å². The normalized spacial score (nSPS) is 12.8. The lowest BCUT2D eigenvalue weighted by Gasteiger charge is -2.06. The molecule has 0 N–H and O–H groups in total. The van der Waals surface area contributed by atoms with E-state index in [4.69, 9.17) is 18.7 Å². The Morgan fingerprint density at radius 2 is 2.25 bits per heavy atom. The molecule has 0 saturated carbocycles. The van der Waals surface area contributed by atoms with Crippen LogP contribution in [0.15, 0.2) is 29.0 Å². The highest BCUT2D eigenvalue weighted by molar-refractivity contribution is 5.68. The fourth-order valence-electron chi connectivity index (χ4n) is 1.64. The van der Waals surface area contributed by atoms with Crippen LogP contribution in [0.3, 0.4) is 0 Å². The highest BCUT2D eigenvalue weighted by Crippen LogP contribution is 2.43. The van der Waals surface area contributed by atoms with Gasteiger partial charge in [-0.15, -0.1) is 0 Å². The third-order valence-corrected chi connectivity index (χ3v) is 2.39. The second kappa shape index (κ2) is 3.44. The van der Waals surface area contributed by atoms with Crippen LogP contribution in [0.1, 0.15) is 0 Å². The molecule has 0 fully saturated rings. The molecule has 1 aromatic heterocycles. The van der Waals surface area contributed by atoms with E-state index in [0.29, 0.717) is 17.2 Å². The lowest BCUT2D eigenvalue weighted by atomic mass is 10.1. The summed E-state index contributed by atoms with van der Waals surface area (Å²) in [4.78, 5) is 0. The lowest BCUT2D eigenvalue weighted by Crippen LogP contribution is -1.93. The van der Waals surface area contributed by atoms with Crippen molar-refractivity contribution in [1.82, 2.24) is 5.16 Å². The number of aromatic nitrogens is 1. The average molecular weight is 219 g/mol. The largest absolute Gasteiger partial charge is 0.493 e. The van der Waals surface area contributed by atoms with Gasteiger partial charge in [-0.05, 0) is 12.1 Å². The summed E-state index contributed by atoms with van der Waals surface area (Å²) in [7, 11) is 1.59. The van der Waals surface area contributed by atoms with Gasteiger partial charge in [-0.2, -0.15) is 0 Å². The van der Waals surface area contributed by atoms with Crippen molar-refractivity contribution in [2.24, 2.45) is 0 Å². The molecule has 3 rings (SSSR count). The van der Waals surface area contributed by atoms with Gasteiger partial charge < -0.3 is 18.7 Å². The predicted molar refractivity (Wildman–Crippen MR) is 54.6 cm³/mol. The Hall–Kier alpha value is -2.17. The first-order valence-corrected chi connectivity index (χ1v) is 4.77. The molecule has 0 aliphatic carbocycles. The first-order valence-electron chi connectivity index (χ1n) is 4.77. The minimum Gasteiger partial charge on any atom is -0.493 e. The molecule has 5 nitrogen and oxygen atoms in total. The van der Waals surface area contributed by atoms with Crippen molar-refractivity contribution in [1.29, 1.82) is 0 Å². The van der Waals surface area contributed by atoms with Crippen LogP contribution in [-0.2, 0) is 0 Å². The maximum absolute atomic E-state index is 5.32. The van der Waals surface area contributed by atoms with E-state index in [0.717, 1.165) is 11.3 Å². The standard InChI is InChI=1S/C11H9NO4/c1-13-9-4-7(8-2-3-16-12-8)5-10-11(9)15-6-14-10/h2-5H,6H2,1H3. The Labute approximate surface area is 91.5 Å². The van der Waals surface area contributed by atoms with Crippen LogP contribution in [0.25, 0.3) is 11.3 Å². The summed E-state index contributed by atoms with van der Waals surface area (Å²) >= 11 is 0. The number of ether oxygens (including phenoxy) is 3. The molecule has 0 radical (unpaired) electrons. The zero-order valence-electron chi connectivity index (χ0n) is 8.60. The number of nitrogens with zero attached hydrogens (tertiary/aromatic N) is 1. The molecule has 0 unspecified atom stereocenters. The van der Waals surface area contributed by atoms with E-state index in [-0.39, 0.29) is 6.79 Å². The molecule has 1 aliphatic rings. The Morgan fingerprint density at radius 1 is 1.31 bits per heavy atom. The van der Waals surface area contributed by atoms with Gasteiger partial charge in [-0.3, -0.25) is 0 Å². The van der Waals surface area contributed by atoms with Crippen molar-refractivity contribution in [2.45, 2.75) is 0 Å². The number of benzene rings is 1. The third kappa shape index (κ3) is 1.29. The van der Waals surface area contributed by atoms with Crippen LogP contribution >= 0.6 is 0 Å². The molecular weight excluding hydrogens is 210 g/mol. The third-order valence-electron chi connectivity index (χ3n) is 2.39. The first-order chi connectivity index (χ1) is 7.88. The summed E-state index contributed by atoms with van der Waals surface area (Å²) in [5.74, 6) is 1.93. The zero-order chi connectivity index (χ0) is 11.0. The highest BCUT2D eigenvalue weighted by Gasteiger charge is 2.21. The molecule has 0 bridgehead atoms. The molecule has 5 heteroatoms. The quantitative estimate of drug-likeness (QED) is 0.773. The molecule has 0 amide bonds. The lowest BCUT2D eigenvalue weighted by molar-refractivity contribution is 0.171. The maximum atomic E-state index is 5.32. The maximum Gasteiger partial charge on any atom is 0.231 e. The van der Waals surface area contributed by atoms with Crippen LogP contribution in [0.4, 0.5) is 0 Å². The summed E-state index contributed by atoms with van der Waals surface area (Å²) in [5.41, 5.74) is 1.60. The summed E-state index contributed by atoms with van der Waals surface area (Å²) in [6.07, 6.45) is 1.52. The second-order valence-corrected chi connectivity index (χ2v) is 3.30. The van der Waals surface area contributed by atoms with Gasteiger partial charge in [0.25, 0.3) is 0 Å². The number of fused-ring (bicyclic) bond motifs is 1. The number of hydrogen-bond acceptors (Lipinski definition) is 5. The Kier molecular flexibility index (Phi) is 1.96. The van der Waals surface area contributed by atoms with Gasteiger partial charge in [-0.1, -0.05) is 5.16 Å². The van der Waals surface area contributed by atoms with Crippen molar-refractivity contribution in [3.05, 3.63) is 24.5 Å². The zero-order valence-corrected chi connectivity index (χ0v) is 8.60. The summed E-state index contributed by atoms with van der Waals surface area (Å²) in [5, 5.41) is 3.86. The fourth-order valence-corrected chi connectivity index (χ4v) is 1.64. The van der Waals surface area contributed by atoms with E-state index in [9.17, 15) is 0 Å². The van der Waals surface area contributed by atoms with Gasteiger partial charge in [0.15, 0.2) is 11.5 Å². The molecule has 82 valence electrons. The number of rotatable bonds is 2. The molecule has 16 heavy (non-hydrogen) atoms. The van der Waals surface area contributed by atoms with Gasteiger partial charge in [0.05, 0.1) is 7.11 Å². The molecule has 1 aromatic carbocycles. The molecule has 2 aromatic rings. The van der Waals surface area contributed by atoms with Crippen molar-refractivity contribution in [3.63, 3.8) is 0 Å². The van der Waals surface area contributed by atoms with E-state index in [1.807, 2.05) is 12.1 Å². The topological polar surface area (TPSA) is 53.7 Å². The molecule has 2 heterocycles.